The van der Waals surface area contributed by atoms with Gasteiger partial charge in [0.05, 0.1) is 0 Å². The Balaban J connectivity index is 2.64. The molecule has 0 saturated carbocycles. The van der Waals surface area contributed by atoms with E-state index in [1.165, 1.54) is 6.92 Å². The Kier molecular flexibility index (Phi) is 3.46. The molecule has 74 valence electrons. The molecule has 0 N–H and O–H groups in total. The summed E-state index contributed by atoms with van der Waals surface area (Å²) < 4.78 is 5.22. The first kappa shape index (κ1) is 10.5. The van der Waals surface area contributed by atoms with Gasteiger partial charge >= 0.3 is 0 Å². The number of Topliss-reactive ketones (excluding diaryl/α,β-unsaturated/α-hetero) is 1. The maximum atomic E-state index is 10.7. The summed E-state index contributed by atoms with van der Waals surface area (Å²) in [7, 11) is 0. The largest absolute Gasteiger partial charge is 0.486 e. The molecule has 0 aliphatic rings. The SMILES string of the molecule is C=C(C)c1ccc(OCC(C)=O)cc1. The molecule has 0 spiro atoms. The summed E-state index contributed by atoms with van der Waals surface area (Å²) in [6.07, 6.45) is 0. The average Bonchev–Trinajstić information content (AvgIpc) is 2.15. The van der Waals surface area contributed by atoms with E-state index >= 15 is 0 Å². The number of allylic oxidation sites excluding steroid dienone is 1. The molecule has 0 aliphatic heterocycles. The molecule has 0 saturated heterocycles. The van der Waals surface area contributed by atoms with Gasteiger partial charge in [-0.1, -0.05) is 24.3 Å². The number of ketones is 1. The fourth-order valence-corrected chi connectivity index (χ4v) is 1.02. The van der Waals surface area contributed by atoms with Crippen LogP contribution in [0.5, 0.6) is 5.75 Å². The Hall–Kier alpha value is -1.57. The van der Waals surface area contributed by atoms with Gasteiger partial charge in [-0.25, -0.2) is 0 Å². The number of benzene rings is 1. The van der Waals surface area contributed by atoms with Crippen molar-refractivity contribution in [1.82, 2.24) is 0 Å². The van der Waals surface area contributed by atoms with Crippen LogP contribution >= 0.6 is 0 Å². The Morgan fingerprint density at radius 2 is 1.86 bits per heavy atom. The van der Waals surface area contributed by atoms with Gasteiger partial charge in [-0.3, -0.25) is 4.79 Å². The molecule has 14 heavy (non-hydrogen) atoms. The molecular formula is C12H14O2. The topological polar surface area (TPSA) is 26.3 Å². The van der Waals surface area contributed by atoms with Crippen molar-refractivity contribution in [2.45, 2.75) is 13.8 Å². The summed E-state index contributed by atoms with van der Waals surface area (Å²) in [6.45, 7) is 7.42. The molecule has 1 rings (SSSR count). The number of hydrogen-bond donors (Lipinski definition) is 0. The van der Waals surface area contributed by atoms with Crippen LogP contribution in [0.2, 0.25) is 0 Å². The monoisotopic (exact) mass is 190 g/mol. The minimum absolute atomic E-state index is 0.0222. The molecule has 0 fully saturated rings. The third kappa shape index (κ3) is 3.05. The third-order valence-electron chi connectivity index (χ3n) is 1.79. The van der Waals surface area contributed by atoms with Gasteiger partial charge in [-0.05, 0) is 31.5 Å². The average molecular weight is 190 g/mol. The number of hydrogen-bond acceptors (Lipinski definition) is 2. The number of ether oxygens (including phenoxy) is 1. The highest BCUT2D eigenvalue weighted by Gasteiger charge is 1.97. The smallest absolute Gasteiger partial charge is 0.167 e. The van der Waals surface area contributed by atoms with Crippen molar-refractivity contribution in [2.75, 3.05) is 6.61 Å². The first-order valence-electron chi connectivity index (χ1n) is 4.48. The van der Waals surface area contributed by atoms with Crippen LogP contribution in [-0.2, 0) is 4.79 Å². The first-order valence-corrected chi connectivity index (χ1v) is 4.48. The van der Waals surface area contributed by atoms with E-state index in [4.69, 9.17) is 4.74 Å². The van der Waals surface area contributed by atoms with Gasteiger partial charge in [0.1, 0.15) is 12.4 Å². The fourth-order valence-electron chi connectivity index (χ4n) is 1.02. The molecule has 0 heterocycles. The van der Waals surface area contributed by atoms with E-state index in [0.29, 0.717) is 5.75 Å². The van der Waals surface area contributed by atoms with Gasteiger partial charge in [0.25, 0.3) is 0 Å². The van der Waals surface area contributed by atoms with E-state index in [2.05, 4.69) is 6.58 Å². The molecule has 2 heteroatoms. The number of carbonyl (C=O) groups excluding carboxylic acids is 1. The highest BCUT2D eigenvalue weighted by atomic mass is 16.5. The lowest BCUT2D eigenvalue weighted by Crippen LogP contribution is -2.06. The van der Waals surface area contributed by atoms with Crippen molar-refractivity contribution in [2.24, 2.45) is 0 Å². The molecule has 1 aromatic rings. The second kappa shape index (κ2) is 4.61. The summed E-state index contributed by atoms with van der Waals surface area (Å²) in [4.78, 5) is 10.7. The van der Waals surface area contributed by atoms with Crippen LogP contribution in [0, 0.1) is 0 Å². The van der Waals surface area contributed by atoms with E-state index < -0.39 is 0 Å². The van der Waals surface area contributed by atoms with E-state index in [-0.39, 0.29) is 12.4 Å². The molecule has 0 atom stereocenters. The second-order valence-corrected chi connectivity index (χ2v) is 3.30. The summed E-state index contributed by atoms with van der Waals surface area (Å²) in [5.41, 5.74) is 2.10. The van der Waals surface area contributed by atoms with Crippen LogP contribution in [0.4, 0.5) is 0 Å². The second-order valence-electron chi connectivity index (χ2n) is 3.30. The van der Waals surface area contributed by atoms with Crippen LogP contribution in [0.25, 0.3) is 5.57 Å². The first-order chi connectivity index (χ1) is 6.59. The molecule has 0 unspecified atom stereocenters. The van der Waals surface area contributed by atoms with Crippen LogP contribution in [0.3, 0.4) is 0 Å². The molecule has 1 aromatic carbocycles. The van der Waals surface area contributed by atoms with E-state index in [1.54, 1.807) is 0 Å². The number of carbonyl (C=O) groups is 1. The van der Waals surface area contributed by atoms with Gasteiger partial charge in [-0.2, -0.15) is 0 Å². The predicted octanol–water partition coefficient (Wildman–Crippen LogP) is 2.69. The maximum absolute atomic E-state index is 10.7. The summed E-state index contributed by atoms with van der Waals surface area (Å²) in [5, 5.41) is 0. The van der Waals surface area contributed by atoms with Crippen molar-refractivity contribution in [3.8, 4) is 5.75 Å². The van der Waals surface area contributed by atoms with Crippen molar-refractivity contribution in [3.05, 3.63) is 36.4 Å². The fraction of sp³-hybridized carbons (Fsp3) is 0.250. The highest BCUT2D eigenvalue weighted by molar-refractivity contribution is 5.77. The van der Waals surface area contributed by atoms with Crippen molar-refractivity contribution in [1.29, 1.82) is 0 Å². The van der Waals surface area contributed by atoms with Gasteiger partial charge in [-0.15, -0.1) is 0 Å². The van der Waals surface area contributed by atoms with E-state index in [0.717, 1.165) is 11.1 Å². The Bertz CT molecular complexity index is 336. The Morgan fingerprint density at radius 3 is 2.29 bits per heavy atom. The Labute approximate surface area is 84.2 Å². The van der Waals surface area contributed by atoms with Crippen molar-refractivity contribution >= 4 is 11.4 Å². The zero-order valence-electron chi connectivity index (χ0n) is 8.54. The molecular weight excluding hydrogens is 176 g/mol. The van der Waals surface area contributed by atoms with Gasteiger partial charge in [0, 0.05) is 0 Å². The zero-order valence-corrected chi connectivity index (χ0v) is 8.54. The van der Waals surface area contributed by atoms with Crippen LogP contribution in [0.15, 0.2) is 30.8 Å². The molecule has 0 aromatic heterocycles. The third-order valence-corrected chi connectivity index (χ3v) is 1.79. The van der Waals surface area contributed by atoms with Crippen molar-refractivity contribution < 1.29 is 9.53 Å². The lowest BCUT2D eigenvalue weighted by molar-refractivity contribution is -0.118. The predicted molar refractivity (Wildman–Crippen MR) is 57.3 cm³/mol. The quantitative estimate of drug-likeness (QED) is 0.729. The van der Waals surface area contributed by atoms with E-state index in [1.807, 2.05) is 31.2 Å². The standard InChI is InChI=1S/C12H14O2/c1-9(2)11-4-6-12(7-5-11)14-8-10(3)13/h4-7H,1,8H2,2-3H3. The summed E-state index contributed by atoms with van der Waals surface area (Å²) in [6, 6.07) is 7.54. The van der Waals surface area contributed by atoms with E-state index in [9.17, 15) is 4.79 Å². The van der Waals surface area contributed by atoms with Gasteiger partial charge in [0.15, 0.2) is 5.78 Å². The van der Waals surface area contributed by atoms with Crippen molar-refractivity contribution in [3.63, 3.8) is 0 Å². The van der Waals surface area contributed by atoms with Crippen LogP contribution < -0.4 is 4.74 Å². The zero-order chi connectivity index (χ0) is 10.6. The minimum Gasteiger partial charge on any atom is -0.486 e. The van der Waals surface area contributed by atoms with Crippen LogP contribution in [-0.4, -0.2) is 12.4 Å². The highest BCUT2D eigenvalue weighted by Crippen LogP contribution is 2.16. The maximum Gasteiger partial charge on any atom is 0.167 e. The molecule has 0 radical (unpaired) electrons. The Morgan fingerprint density at radius 1 is 1.29 bits per heavy atom. The molecule has 2 nitrogen and oxygen atoms in total. The lowest BCUT2D eigenvalue weighted by Gasteiger charge is -2.04. The summed E-state index contributed by atoms with van der Waals surface area (Å²) >= 11 is 0. The lowest BCUT2D eigenvalue weighted by atomic mass is 10.1. The normalized spacial score (nSPS) is 9.57. The molecule has 0 aliphatic carbocycles. The molecule has 0 amide bonds. The van der Waals surface area contributed by atoms with Crippen LogP contribution in [0.1, 0.15) is 19.4 Å². The van der Waals surface area contributed by atoms with Gasteiger partial charge in [0.2, 0.25) is 0 Å². The summed E-state index contributed by atoms with van der Waals surface area (Å²) in [5.74, 6) is 0.735. The number of rotatable bonds is 4. The minimum atomic E-state index is 0.0222. The van der Waals surface area contributed by atoms with Gasteiger partial charge < -0.3 is 4.74 Å². The molecule has 0 bridgehead atoms.